The molecule has 0 aliphatic heterocycles. The second-order valence-corrected chi connectivity index (χ2v) is 10.8. The van der Waals surface area contributed by atoms with Gasteiger partial charge >= 0.3 is 0 Å². The van der Waals surface area contributed by atoms with Gasteiger partial charge in [0.25, 0.3) is 0 Å². The number of hydrogen-bond donors (Lipinski definition) is 3. The van der Waals surface area contributed by atoms with E-state index in [9.17, 15) is 18.3 Å². The zero-order valence-corrected chi connectivity index (χ0v) is 23.6. The summed E-state index contributed by atoms with van der Waals surface area (Å²) in [6, 6.07) is 19.5. The van der Waals surface area contributed by atoms with Crippen LogP contribution in [0, 0.1) is 0 Å². The standard InChI is InChI=1S/C29H32N4O6S/c1-5-38-24-16-22-23(17-25(24)39-6-2)32-29(35)27(22)28(19-10-8-7-9-11-19)31-20-12-14-21(15-13-20)33(40(4,36)37)18-26(34)30-3/h7-17,32,35H,5-6,18H2,1-4H3,(H,30,34). The van der Waals surface area contributed by atoms with Crippen molar-refractivity contribution in [2.24, 2.45) is 4.99 Å². The number of hydrogen-bond acceptors (Lipinski definition) is 7. The van der Waals surface area contributed by atoms with Gasteiger partial charge in [0.2, 0.25) is 15.9 Å². The molecule has 1 aromatic heterocycles. The Morgan fingerprint density at radius 2 is 1.62 bits per heavy atom. The van der Waals surface area contributed by atoms with Gasteiger partial charge in [-0.05, 0) is 44.2 Å². The third-order valence-corrected chi connectivity index (χ3v) is 7.21. The minimum Gasteiger partial charge on any atom is -0.494 e. The Morgan fingerprint density at radius 1 is 1.00 bits per heavy atom. The van der Waals surface area contributed by atoms with Gasteiger partial charge in [0.1, 0.15) is 6.54 Å². The predicted octanol–water partition coefficient (Wildman–Crippen LogP) is 4.35. The molecular formula is C29H32N4O6S. The Hall–Kier alpha value is -4.51. The van der Waals surface area contributed by atoms with Gasteiger partial charge in [-0.2, -0.15) is 0 Å². The van der Waals surface area contributed by atoms with Crippen LogP contribution in [-0.4, -0.2) is 63.2 Å². The average Bonchev–Trinajstić information content (AvgIpc) is 3.25. The van der Waals surface area contributed by atoms with Crippen molar-refractivity contribution < 1.29 is 27.8 Å². The van der Waals surface area contributed by atoms with Crippen LogP contribution in [0.25, 0.3) is 10.9 Å². The Kier molecular flexibility index (Phi) is 8.64. The number of aromatic nitrogens is 1. The molecule has 3 aromatic carbocycles. The molecule has 0 atom stereocenters. The zero-order chi connectivity index (χ0) is 28.9. The maximum Gasteiger partial charge on any atom is 0.240 e. The molecule has 4 rings (SSSR count). The first kappa shape index (κ1) is 28.5. The molecule has 4 aromatic rings. The Balaban J connectivity index is 1.85. The van der Waals surface area contributed by atoms with E-state index in [0.717, 1.165) is 16.1 Å². The Labute approximate surface area is 233 Å². The van der Waals surface area contributed by atoms with E-state index in [-0.39, 0.29) is 12.4 Å². The second-order valence-electron chi connectivity index (χ2n) is 8.84. The lowest BCUT2D eigenvalue weighted by Crippen LogP contribution is -2.39. The number of amides is 1. The number of aromatic amines is 1. The van der Waals surface area contributed by atoms with E-state index >= 15 is 0 Å². The molecule has 0 saturated carbocycles. The van der Waals surface area contributed by atoms with Crippen molar-refractivity contribution >= 4 is 43.9 Å². The van der Waals surface area contributed by atoms with E-state index in [1.807, 2.05) is 50.2 Å². The minimum absolute atomic E-state index is 0.0702. The van der Waals surface area contributed by atoms with Gasteiger partial charge in [0, 0.05) is 24.1 Å². The number of ether oxygens (including phenoxy) is 2. The van der Waals surface area contributed by atoms with Gasteiger partial charge < -0.3 is 24.9 Å². The monoisotopic (exact) mass is 564 g/mol. The highest BCUT2D eigenvalue weighted by molar-refractivity contribution is 7.92. The Bertz CT molecular complexity index is 1630. The number of aliphatic imine (C=N–C) groups is 1. The SMILES string of the molecule is CCOc1cc2[nH]c(O)c(C(=Nc3ccc(N(CC(=O)NC)S(C)(=O)=O)cc3)c3ccccc3)c2cc1OCC. The summed E-state index contributed by atoms with van der Waals surface area (Å²) in [4.78, 5) is 19.8. The number of sulfonamides is 1. The third kappa shape index (κ3) is 6.20. The first-order valence-corrected chi connectivity index (χ1v) is 14.6. The maximum atomic E-state index is 12.4. The van der Waals surface area contributed by atoms with Crippen LogP contribution in [0.1, 0.15) is 25.0 Å². The molecule has 210 valence electrons. The van der Waals surface area contributed by atoms with Crippen LogP contribution < -0.4 is 19.1 Å². The number of rotatable bonds is 11. The normalized spacial score (nSPS) is 11.8. The van der Waals surface area contributed by atoms with Crippen molar-refractivity contribution in [2.75, 3.05) is 37.4 Å². The molecule has 0 fully saturated rings. The van der Waals surface area contributed by atoms with Crippen molar-refractivity contribution in [3.8, 4) is 17.4 Å². The predicted molar refractivity (Wildman–Crippen MR) is 157 cm³/mol. The maximum absolute atomic E-state index is 12.4. The fourth-order valence-electron chi connectivity index (χ4n) is 4.26. The van der Waals surface area contributed by atoms with Crippen LogP contribution in [0.3, 0.4) is 0 Å². The zero-order valence-electron chi connectivity index (χ0n) is 22.8. The van der Waals surface area contributed by atoms with Crippen molar-refractivity contribution in [3.05, 3.63) is 77.9 Å². The molecule has 1 heterocycles. The van der Waals surface area contributed by atoms with Crippen LogP contribution in [0.2, 0.25) is 0 Å². The molecule has 0 saturated heterocycles. The summed E-state index contributed by atoms with van der Waals surface area (Å²) in [6.07, 6.45) is 1.04. The molecule has 0 radical (unpaired) electrons. The molecule has 3 N–H and O–H groups in total. The quantitative estimate of drug-likeness (QED) is 0.232. The van der Waals surface area contributed by atoms with E-state index in [2.05, 4.69) is 10.3 Å². The van der Waals surface area contributed by atoms with Gasteiger partial charge in [-0.15, -0.1) is 0 Å². The first-order valence-electron chi connectivity index (χ1n) is 12.7. The number of H-pyrrole nitrogens is 1. The molecule has 0 bridgehead atoms. The lowest BCUT2D eigenvalue weighted by atomic mass is 10.0. The number of nitrogens with one attached hydrogen (secondary N) is 2. The summed E-state index contributed by atoms with van der Waals surface area (Å²) >= 11 is 0. The number of aromatic hydroxyl groups is 1. The molecular weight excluding hydrogens is 532 g/mol. The first-order chi connectivity index (χ1) is 19.2. The molecule has 40 heavy (non-hydrogen) atoms. The highest BCUT2D eigenvalue weighted by Gasteiger charge is 2.22. The summed E-state index contributed by atoms with van der Waals surface area (Å²) in [5, 5.41) is 14.2. The van der Waals surface area contributed by atoms with Crippen molar-refractivity contribution in [1.29, 1.82) is 0 Å². The van der Waals surface area contributed by atoms with E-state index in [1.165, 1.54) is 7.05 Å². The van der Waals surface area contributed by atoms with Crippen molar-refractivity contribution in [1.82, 2.24) is 10.3 Å². The molecule has 10 nitrogen and oxygen atoms in total. The number of carbonyl (C=O) groups excluding carboxylic acids is 1. The minimum atomic E-state index is -3.71. The molecule has 0 unspecified atom stereocenters. The highest BCUT2D eigenvalue weighted by Crippen LogP contribution is 2.39. The lowest BCUT2D eigenvalue weighted by molar-refractivity contribution is -0.119. The van der Waals surface area contributed by atoms with E-state index in [0.29, 0.717) is 58.3 Å². The number of anilines is 1. The van der Waals surface area contributed by atoms with E-state index in [4.69, 9.17) is 14.5 Å². The topological polar surface area (TPSA) is 133 Å². The Morgan fingerprint density at radius 3 is 2.20 bits per heavy atom. The number of benzene rings is 3. The van der Waals surface area contributed by atoms with Gasteiger partial charge in [0.05, 0.1) is 47.6 Å². The second kappa shape index (κ2) is 12.1. The number of likely N-dealkylation sites (N-methyl/N-ethyl adjacent to an activating group) is 1. The number of carbonyl (C=O) groups is 1. The van der Waals surface area contributed by atoms with E-state index < -0.39 is 15.9 Å². The lowest BCUT2D eigenvalue weighted by Gasteiger charge is -2.21. The van der Waals surface area contributed by atoms with Crippen molar-refractivity contribution in [3.63, 3.8) is 0 Å². The smallest absolute Gasteiger partial charge is 0.240 e. The average molecular weight is 565 g/mol. The summed E-state index contributed by atoms with van der Waals surface area (Å²) in [7, 11) is -2.26. The van der Waals surface area contributed by atoms with Crippen LogP contribution >= 0.6 is 0 Å². The summed E-state index contributed by atoms with van der Waals surface area (Å²) < 4.78 is 37.3. The number of fused-ring (bicyclic) bond motifs is 1. The van der Waals surface area contributed by atoms with Crippen LogP contribution in [0.15, 0.2) is 71.7 Å². The molecule has 1 amide bonds. The van der Waals surface area contributed by atoms with E-state index in [1.54, 1.807) is 30.3 Å². The third-order valence-electron chi connectivity index (χ3n) is 6.07. The van der Waals surface area contributed by atoms with Crippen molar-refractivity contribution in [2.45, 2.75) is 13.8 Å². The highest BCUT2D eigenvalue weighted by atomic mass is 32.2. The van der Waals surface area contributed by atoms with Crippen LogP contribution in [-0.2, 0) is 14.8 Å². The van der Waals surface area contributed by atoms with Gasteiger partial charge in [0.15, 0.2) is 17.4 Å². The molecule has 0 aliphatic carbocycles. The summed E-state index contributed by atoms with van der Waals surface area (Å²) in [5.41, 5.74) is 3.22. The van der Waals surface area contributed by atoms with Crippen LogP contribution in [0.5, 0.6) is 17.4 Å². The van der Waals surface area contributed by atoms with Gasteiger partial charge in [-0.1, -0.05) is 30.3 Å². The largest absolute Gasteiger partial charge is 0.494 e. The van der Waals surface area contributed by atoms with Crippen LogP contribution in [0.4, 0.5) is 11.4 Å². The summed E-state index contributed by atoms with van der Waals surface area (Å²) in [6.45, 7) is 4.32. The van der Waals surface area contributed by atoms with Gasteiger partial charge in [-0.25, -0.2) is 13.4 Å². The molecule has 11 heteroatoms. The number of nitrogens with zero attached hydrogens (tertiary/aromatic N) is 2. The molecule has 0 aliphatic rings. The molecule has 0 spiro atoms. The fraction of sp³-hybridized carbons (Fsp3) is 0.241. The fourth-order valence-corrected chi connectivity index (χ4v) is 5.11. The van der Waals surface area contributed by atoms with Gasteiger partial charge in [-0.3, -0.25) is 9.10 Å². The summed E-state index contributed by atoms with van der Waals surface area (Å²) in [5.74, 6) is 0.600.